The van der Waals surface area contributed by atoms with Crippen LogP contribution in [0, 0.1) is 5.41 Å². The van der Waals surface area contributed by atoms with Gasteiger partial charge in [0.05, 0.1) is 0 Å². The lowest BCUT2D eigenvalue weighted by atomic mass is 9.85. The van der Waals surface area contributed by atoms with E-state index in [-0.39, 0.29) is 17.1 Å². The van der Waals surface area contributed by atoms with E-state index in [0.29, 0.717) is 17.3 Å². The second-order valence-electron chi connectivity index (χ2n) is 5.56. The van der Waals surface area contributed by atoms with E-state index in [4.69, 9.17) is 11.6 Å². The van der Waals surface area contributed by atoms with Crippen LogP contribution in [0.25, 0.3) is 5.65 Å². The van der Waals surface area contributed by atoms with Crippen molar-refractivity contribution in [3.05, 3.63) is 22.6 Å². The molecule has 0 spiro atoms. The topological polar surface area (TPSA) is 75.1 Å². The predicted molar refractivity (Wildman–Crippen MR) is 75.8 cm³/mol. The van der Waals surface area contributed by atoms with Gasteiger partial charge in [0.2, 0.25) is 0 Å². The summed E-state index contributed by atoms with van der Waals surface area (Å²) in [7, 11) is 0. The van der Waals surface area contributed by atoms with Crippen LogP contribution in [0.1, 0.15) is 27.2 Å². The van der Waals surface area contributed by atoms with Crippen molar-refractivity contribution in [1.29, 1.82) is 0 Å². The molecule has 2 N–H and O–H groups in total. The average Bonchev–Trinajstić information content (AvgIpc) is 2.69. The number of rotatable bonds is 4. The van der Waals surface area contributed by atoms with Crippen LogP contribution in [-0.2, 0) is 0 Å². The fourth-order valence-electron chi connectivity index (χ4n) is 1.89. The summed E-state index contributed by atoms with van der Waals surface area (Å²) in [5.41, 5.74) is 0.205. The molecule has 0 aliphatic carbocycles. The molecule has 1 unspecified atom stereocenters. The van der Waals surface area contributed by atoms with Crippen LogP contribution in [-0.4, -0.2) is 31.7 Å². The molecule has 0 aliphatic rings. The van der Waals surface area contributed by atoms with Crippen molar-refractivity contribution >= 4 is 23.1 Å². The highest BCUT2D eigenvalue weighted by molar-refractivity contribution is 6.17. The highest BCUT2D eigenvalue weighted by Gasteiger charge is 2.24. The molecule has 0 fully saturated rings. The fraction of sp³-hybridized carbons (Fsp3) is 0.583. The number of hydrogen-bond donors (Lipinski definition) is 2. The first-order valence-corrected chi connectivity index (χ1v) is 6.72. The van der Waals surface area contributed by atoms with Crippen LogP contribution in [0.4, 0.5) is 5.82 Å². The van der Waals surface area contributed by atoms with Crippen LogP contribution in [0.2, 0.25) is 0 Å². The van der Waals surface area contributed by atoms with Crippen LogP contribution >= 0.6 is 11.6 Å². The number of anilines is 1. The van der Waals surface area contributed by atoms with E-state index in [1.807, 2.05) is 6.07 Å². The molecule has 6 nitrogen and oxygen atoms in total. The lowest BCUT2D eigenvalue weighted by molar-refractivity contribution is 0.333. The van der Waals surface area contributed by atoms with E-state index in [0.717, 1.165) is 6.42 Å². The Balaban J connectivity index is 2.28. The third kappa shape index (κ3) is 3.07. The summed E-state index contributed by atoms with van der Waals surface area (Å²) in [5, 5.41) is 13.8. The molecule has 1 atom stereocenters. The second-order valence-corrected chi connectivity index (χ2v) is 5.94. The number of halogens is 1. The molecule has 2 aromatic heterocycles. The van der Waals surface area contributed by atoms with E-state index in [2.05, 4.69) is 41.4 Å². The van der Waals surface area contributed by atoms with E-state index < -0.39 is 0 Å². The summed E-state index contributed by atoms with van der Waals surface area (Å²) < 4.78 is 1.24. The van der Waals surface area contributed by atoms with Crippen molar-refractivity contribution in [2.45, 2.75) is 33.2 Å². The van der Waals surface area contributed by atoms with Gasteiger partial charge in [-0.05, 0) is 24.0 Å². The Kier molecular flexibility index (Phi) is 3.80. The predicted octanol–water partition coefficient (Wildman–Crippen LogP) is 1.87. The van der Waals surface area contributed by atoms with E-state index >= 15 is 0 Å². The maximum absolute atomic E-state index is 11.5. The zero-order valence-corrected chi connectivity index (χ0v) is 12.0. The Morgan fingerprint density at radius 3 is 2.84 bits per heavy atom. The number of aromatic amines is 1. The third-order valence-electron chi connectivity index (χ3n) is 3.04. The molecule has 0 amide bonds. The number of nitrogens with zero attached hydrogens (tertiary/aromatic N) is 3. The molecule has 0 saturated carbocycles. The zero-order chi connectivity index (χ0) is 14.0. The van der Waals surface area contributed by atoms with Crippen molar-refractivity contribution in [2.24, 2.45) is 5.41 Å². The maximum atomic E-state index is 11.5. The number of aromatic nitrogens is 4. The van der Waals surface area contributed by atoms with Gasteiger partial charge in [0.25, 0.3) is 0 Å². The molecule has 0 radical (unpaired) electrons. The molecular formula is C12H18ClN5O. The molecule has 0 aliphatic heterocycles. The molecule has 2 heterocycles. The van der Waals surface area contributed by atoms with Crippen LogP contribution < -0.4 is 11.0 Å². The first-order chi connectivity index (χ1) is 8.91. The lowest BCUT2D eigenvalue weighted by Gasteiger charge is -2.31. The third-order valence-corrected chi connectivity index (χ3v) is 3.26. The Morgan fingerprint density at radius 1 is 1.47 bits per heavy atom. The average molecular weight is 284 g/mol. The van der Waals surface area contributed by atoms with Crippen LogP contribution in [0.15, 0.2) is 16.9 Å². The maximum Gasteiger partial charge on any atom is 0.364 e. The largest absolute Gasteiger partial charge is 0.365 e. The number of fused-ring (bicyclic) bond motifs is 1. The summed E-state index contributed by atoms with van der Waals surface area (Å²) in [5.74, 6) is 1.21. The minimum atomic E-state index is -0.344. The van der Waals surface area contributed by atoms with Crippen LogP contribution in [0.5, 0.6) is 0 Å². The van der Waals surface area contributed by atoms with Crippen molar-refractivity contribution in [3.8, 4) is 0 Å². The Morgan fingerprint density at radius 2 is 2.21 bits per heavy atom. The quantitative estimate of drug-likeness (QED) is 0.840. The lowest BCUT2D eigenvalue weighted by Crippen LogP contribution is -2.35. The minimum absolute atomic E-state index is 0.0485. The van der Waals surface area contributed by atoms with Gasteiger partial charge in [-0.1, -0.05) is 20.8 Å². The SMILES string of the molecule is CC(C)(C)C(CCCl)Nc1ccc2n[nH]c(=O)n2n1. The summed E-state index contributed by atoms with van der Waals surface area (Å²) in [6, 6.07) is 3.73. The molecule has 2 aromatic rings. The van der Waals surface area contributed by atoms with Crippen molar-refractivity contribution < 1.29 is 0 Å². The summed E-state index contributed by atoms with van der Waals surface area (Å²) in [6.45, 7) is 6.42. The van der Waals surface area contributed by atoms with Crippen molar-refractivity contribution in [3.63, 3.8) is 0 Å². The van der Waals surface area contributed by atoms with Gasteiger partial charge in [0.1, 0.15) is 5.82 Å². The van der Waals surface area contributed by atoms with Gasteiger partial charge in [-0.2, -0.15) is 9.61 Å². The van der Waals surface area contributed by atoms with E-state index in [9.17, 15) is 4.79 Å². The minimum Gasteiger partial charge on any atom is -0.365 e. The smallest absolute Gasteiger partial charge is 0.364 e. The highest BCUT2D eigenvalue weighted by Crippen LogP contribution is 2.25. The highest BCUT2D eigenvalue weighted by atomic mass is 35.5. The zero-order valence-electron chi connectivity index (χ0n) is 11.3. The van der Waals surface area contributed by atoms with Gasteiger partial charge in [-0.15, -0.1) is 16.7 Å². The Labute approximate surface area is 116 Å². The summed E-state index contributed by atoms with van der Waals surface area (Å²) in [6.07, 6.45) is 0.824. The summed E-state index contributed by atoms with van der Waals surface area (Å²) in [4.78, 5) is 11.5. The Bertz CT molecular complexity index is 612. The van der Waals surface area contributed by atoms with Gasteiger partial charge in [0.15, 0.2) is 5.65 Å². The normalized spacial score (nSPS) is 13.7. The molecule has 0 bridgehead atoms. The number of hydrogen-bond acceptors (Lipinski definition) is 4. The molecule has 104 valence electrons. The molecule has 0 saturated heterocycles. The second kappa shape index (κ2) is 5.21. The van der Waals surface area contributed by atoms with Crippen molar-refractivity contribution in [1.82, 2.24) is 19.8 Å². The standard InChI is InChI=1S/C12H18ClN5O/c1-12(2,3)8(6-7-13)14-9-4-5-10-15-16-11(19)18(10)17-9/h4-5,8H,6-7H2,1-3H3,(H,14,17)(H,16,19). The molecular weight excluding hydrogens is 266 g/mol. The van der Waals surface area contributed by atoms with Gasteiger partial charge in [-0.3, -0.25) is 0 Å². The van der Waals surface area contributed by atoms with Crippen molar-refractivity contribution in [2.75, 3.05) is 11.2 Å². The van der Waals surface area contributed by atoms with Crippen LogP contribution in [0.3, 0.4) is 0 Å². The Hall–Kier alpha value is -1.56. The fourth-order valence-corrected chi connectivity index (χ4v) is 2.11. The molecule has 0 aromatic carbocycles. The van der Waals surface area contributed by atoms with E-state index in [1.165, 1.54) is 4.52 Å². The monoisotopic (exact) mass is 283 g/mol. The first-order valence-electron chi connectivity index (χ1n) is 6.19. The molecule has 19 heavy (non-hydrogen) atoms. The number of alkyl halides is 1. The van der Waals surface area contributed by atoms with Gasteiger partial charge in [-0.25, -0.2) is 9.89 Å². The first kappa shape index (κ1) is 13.9. The molecule has 2 rings (SSSR count). The van der Waals surface area contributed by atoms with E-state index in [1.54, 1.807) is 6.07 Å². The summed E-state index contributed by atoms with van der Waals surface area (Å²) >= 11 is 5.84. The number of nitrogens with one attached hydrogen (secondary N) is 2. The molecule has 7 heteroatoms. The van der Waals surface area contributed by atoms with Gasteiger partial charge < -0.3 is 5.32 Å². The van der Waals surface area contributed by atoms with Gasteiger partial charge >= 0.3 is 5.69 Å². The van der Waals surface area contributed by atoms with Gasteiger partial charge in [0, 0.05) is 11.9 Å². The number of H-pyrrole nitrogens is 1.